The number of para-hydroxylation sites is 2. The molecule has 0 aliphatic carbocycles. The lowest BCUT2D eigenvalue weighted by Crippen LogP contribution is -2.17. The monoisotopic (exact) mass is 475 g/mol. The van der Waals surface area contributed by atoms with Crippen molar-refractivity contribution in [3.8, 4) is 5.69 Å². The number of carbonyl (C=O) groups is 2. The van der Waals surface area contributed by atoms with Gasteiger partial charge in [0.2, 0.25) is 5.91 Å². The predicted molar refractivity (Wildman–Crippen MR) is 125 cm³/mol. The number of anilines is 2. The van der Waals surface area contributed by atoms with Crippen molar-refractivity contribution in [1.29, 1.82) is 0 Å². The Hall–Kier alpha value is -4.58. The van der Waals surface area contributed by atoms with Gasteiger partial charge in [0.05, 0.1) is 47.8 Å². The maximum Gasteiger partial charge on any atom is 0.261 e. The van der Waals surface area contributed by atoms with Crippen molar-refractivity contribution < 1.29 is 14.0 Å². The van der Waals surface area contributed by atoms with E-state index in [1.807, 2.05) is 0 Å². The molecule has 0 unspecified atom stereocenters. The van der Waals surface area contributed by atoms with Crippen LogP contribution in [-0.2, 0) is 11.2 Å². The molecule has 0 spiro atoms. The van der Waals surface area contributed by atoms with Crippen molar-refractivity contribution in [3.05, 3.63) is 81.9 Å². The first-order valence-corrected chi connectivity index (χ1v) is 11.0. The number of carbonyl (C=O) groups excluding carboxylic acids is 2. The highest BCUT2D eigenvalue weighted by molar-refractivity contribution is 7.14. The molecule has 170 valence electrons. The highest BCUT2D eigenvalue weighted by Crippen LogP contribution is 2.23. The Bertz CT molecular complexity index is 1580. The molecule has 3 N–H and O–H groups in total. The zero-order valence-corrected chi connectivity index (χ0v) is 18.5. The highest BCUT2D eigenvalue weighted by Gasteiger charge is 2.16. The molecule has 4 aromatic heterocycles. The summed E-state index contributed by atoms with van der Waals surface area (Å²) in [5.41, 5.74) is 2.07. The number of aromatic amines is 1. The SMILES string of the molecule is Cc1occc1C(=O)Nc1nc(CC(=O)Nc2ccccc2-n2ncc3c(=O)[nH]cnc32)cs1. The smallest absolute Gasteiger partial charge is 0.261 e. The minimum absolute atomic E-state index is 0.00319. The Kier molecular flexibility index (Phi) is 5.47. The van der Waals surface area contributed by atoms with Crippen LogP contribution in [0, 0.1) is 6.92 Å². The lowest BCUT2D eigenvalue weighted by molar-refractivity contribution is -0.115. The first-order chi connectivity index (χ1) is 16.5. The second-order valence-corrected chi connectivity index (χ2v) is 8.11. The van der Waals surface area contributed by atoms with E-state index in [0.29, 0.717) is 44.6 Å². The number of amides is 2. The number of hydrogen-bond donors (Lipinski definition) is 3. The fourth-order valence-corrected chi connectivity index (χ4v) is 4.09. The average Bonchev–Trinajstić information content (AvgIpc) is 3.55. The van der Waals surface area contributed by atoms with Crippen molar-refractivity contribution in [2.45, 2.75) is 13.3 Å². The molecule has 0 fully saturated rings. The number of aryl methyl sites for hydroxylation is 1. The number of rotatable bonds is 6. The minimum Gasteiger partial charge on any atom is -0.469 e. The van der Waals surface area contributed by atoms with E-state index >= 15 is 0 Å². The molecule has 0 saturated heterocycles. The van der Waals surface area contributed by atoms with Crippen LogP contribution in [0.15, 0.2) is 63.7 Å². The van der Waals surface area contributed by atoms with Crippen LogP contribution in [0.25, 0.3) is 16.7 Å². The molecule has 0 saturated carbocycles. The van der Waals surface area contributed by atoms with Gasteiger partial charge in [0.25, 0.3) is 11.5 Å². The minimum atomic E-state index is -0.329. The van der Waals surface area contributed by atoms with Gasteiger partial charge in [-0.2, -0.15) is 5.10 Å². The maximum absolute atomic E-state index is 12.7. The van der Waals surface area contributed by atoms with Gasteiger partial charge < -0.3 is 14.7 Å². The van der Waals surface area contributed by atoms with E-state index in [0.717, 1.165) is 0 Å². The molecule has 0 aliphatic heterocycles. The number of nitrogens with one attached hydrogen (secondary N) is 3. The topological polar surface area (TPSA) is 148 Å². The number of aromatic nitrogens is 5. The van der Waals surface area contributed by atoms with Gasteiger partial charge in [-0.3, -0.25) is 19.7 Å². The number of nitrogens with zero attached hydrogens (tertiary/aromatic N) is 4. The number of fused-ring (bicyclic) bond motifs is 1. The summed E-state index contributed by atoms with van der Waals surface area (Å²) in [7, 11) is 0. The summed E-state index contributed by atoms with van der Waals surface area (Å²) in [6, 6.07) is 8.65. The van der Waals surface area contributed by atoms with E-state index in [1.54, 1.807) is 42.6 Å². The van der Waals surface area contributed by atoms with Crippen molar-refractivity contribution in [3.63, 3.8) is 0 Å². The summed E-state index contributed by atoms with van der Waals surface area (Å²) < 4.78 is 6.64. The average molecular weight is 475 g/mol. The van der Waals surface area contributed by atoms with Gasteiger partial charge in [0, 0.05) is 5.38 Å². The molecule has 0 aliphatic rings. The zero-order chi connectivity index (χ0) is 23.7. The van der Waals surface area contributed by atoms with E-state index in [1.165, 1.54) is 34.8 Å². The van der Waals surface area contributed by atoms with Gasteiger partial charge in [0.1, 0.15) is 11.1 Å². The van der Waals surface area contributed by atoms with Crippen LogP contribution in [0.3, 0.4) is 0 Å². The third kappa shape index (κ3) is 4.09. The van der Waals surface area contributed by atoms with E-state index in [9.17, 15) is 14.4 Å². The predicted octanol–water partition coefficient (Wildman–Crippen LogP) is 2.90. The fraction of sp³-hybridized carbons (Fsp3) is 0.0909. The summed E-state index contributed by atoms with van der Waals surface area (Å²) in [6.45, 7) is 1.70. The summed E-state index contributed by atoms with van der Waals surface area (Å²) >= 11 is 1.22. The number of benzene rings is 1. The summed E-state index contributed by atoms with van der Waals surface area (Å²) in [4.78, 5) is 48.1. The van der Waals surface area contributed by atoms with Crippen LogP contribution in [0.1, 0.15) is 21.8 Å². The largest absolute Gasteiger partial charge is 0.469 e. The maximum atomic E-state index is 12.7. The van der Waals surface area contributed by atoms with E-state index in [4.69, 9.17) is 4.42 Å². The molecule has 12 heteroatoms. The van der Waals surface area contributed by atoms with Crippen molar-refractivity contribution >= 4 is 45.0 Å². The molecular formula is C22H17N7O4S. The van der Waals surface area contributed by atoms with Crippen molar-refractivity contribution in [2.75, 3.05) is 10.6 Å². The van der Waals surface area contributed by atoms with Crippen LogP contribution >= 0.6 is 11.3 Å². The zero-order valence-electron chi connectivity index (χ0n) is 17.7. The van der Waals surface area contributed by atoms with Crippen LogP contribution in [0.2, 0.25) is 0 Å². The Labute approximate surface area is 195 Å². The number of furan rings is 1. The Morgan fingerprint density at radius 3 is 2.88 bits per heavy atom. The second-order valence-electron chi connectivity index (χ2n) is 7.26. The molecule has 5 aromatic rings. The van der Waals surface area contributed by atoms with Crippen molar-refractivity contribution in [2.24, 2.45) is 0 Å². The third-order valence-corrected chi connectivity index (χ3v) is 5.80. The highest BCUT2D eigenvalue weighted by atomic mass is 32.1. The van der Waals surface area contributed by atoms with Gasteiger partial charge in [-0.05, 0) is 25.1 Å². The van der Waals surface area contributed by atoms with Gasteiger partial charge in [-0.25, -0.2) is 14.6 Å². The fourth-order valence-electron chi connectivity index (χ4n) is 3.39. The number of hydrogen-bond acceptors (Lipinski definition) is 8. The second kappa shape index (κ2) is 8.75. The van der Waals surface area contributed by atoms with Crippen LogP contribution in [-0.4, -0.2) is 36.5 Å². The summed E-state index contributed by atoms with van der Waals surface area (Å²) in [5.74, 6) is -0.120. The molecule has 2 amide bonds. The number of H-pyrrole nitrogens is 1. The summed E-state index contributed by atoms with van der Waals surface area (Å²) in [6.07, 6.45) is 4.18. The molecule has 34 heavy (non-hydrogen) atoms. The molecular weight excluding hydrogens is 458 g/mol. The molecule has 0 radical (unpaired) electrons. The van der Waals surface area contributed by atoms with Crippen LogP contribution in [0.5, 0.6) is 0 Å². The molecule has 1 aromatic carbocycles. The van der Waals surface area contributed by atoms with Crippen molar-refractivity contribution in [1.82, 2.24) is 24.7 Å². The van der Waals surface area contributed by atoms with Crippen LogP contribution in [0.4, 0.5) is 10.8 Å². The van der Waals surface area contributed by atoms with E-state index in [-0.39, 0.29) is 23.8 Å². The van der Waals surface area contributed by atoms with Gasteiger partial charge in [0.15, 0.2) is 10.8 Å². The van der Waals surface area contributed by atoms with E-state index < -0.39 is 0 Å². The lowest BCUT2D eigenvalue weighted by Gasteiger charge is -2.11. The Morgan fingerprint density at radius 2 is 2.06 bits per heavy atom. The molecule has 4 heterocycles. The standard InChI is InChI=1S/C22H17N7O4S/c1-12-14(6-7-33-12)21(32)28-22-26-13(10-34-22)8-18(30)27-16-4-2-3-5-17(16)29-19-15(9-25-29)20(31)24-11-23-19/h2-7,9-11H,8H2,1H3,(H,27,30)(H,23,24,31)(H,26,28,32). The van der Waals surface area contributed by atoms with Crippen LogP contribution < -0.4 is 16.2 Å². The van der Waals surface area contributed by atoms with Gasteiger partial charge in [-0.1, -0.05) is 12.1 Å². The number of thiazole rings is 1. The quantitative estimate of drug-likeness (QED) is 0.342. The first-order valence-electron chi connectivity index (χ1n) is 10.1. The molecule has 11 nitrogen and oxygen atoms in total. The Morgan fingerprint density at radius 1 is 1.21 bits per heavy atom. The lowest BCUT2D eigenvalue weighted by atomic mass is 10.2. The van der Waals surface area contributed by atoms with Gasteiger partial charge in [-0.15, -0.1) is 11.3 Å². The first kappa shape index (κ1) is 21.3. The Balaban J connectivity index is 1.31. The van der Waals surface area contributed by atoms with E-state index in [2.05, 4.69) is 30.7 Å². The molecule has 0 bridgehead atoms. The summed E-state index contributed by atoms with van der Waals surface area (Å²) in [5, 5.41) is 12.3. The normalized spacial score (nSPS) is 11.0. The third-order valence-electron chi connectivity index (χ3n) is 4.99. The molecule has 0 atom stereocenters. The van der Waals surface area contributed by atoms with Gasteiger partial charge >= 0.3 is 0 Å². The molecule has 5 rings (SSSR count).